The molecule has 1 N–H and O–H groups in total. The molecule has 2 aromatic carbocycles. The summed E-state index contributed by atoms with van der Waals surface area (Å²) in [5, 5.41) is 14.5. The van der Waals surface area contributed by atoms with Gasteiger partial charge in [0.25, 0.3) is 5.91 Å². The number of carbonyl (C=O) groups is 1. The van der Waals surface area contributed by atoms with Crippen LogP contribution in [0.3, 0.4) is 0 Å². The van der Waals surface area contributed by atoms with E-state index in [4.69, 9.17) is 16.3 Å². The number of carbonyl (C=O) groups excluding carboxylic acids is 1. The highest BCUT2D eigenvalue weighted by molar-refractivity contribution is 6.31. The van der Waals surface area contributed by atoms with Gasteiger partial charge in [-0.3, -0.25) is 14.9 Å². The average Bonchev–Trinajstić information content (AvgIpc) is 2.68. The minimum absolute atomic E-state index is 0.105. The van der Waals surface area contributed by atoms with E-state index in [0.29, 0.717) is 10.7 Å². The van der Waals surface area contributed by atoms with Gasteiger partial charge in [-0.1, -0.05) is 11.6 Å². The van der Waals surface area contributed by atoms with Crippen molar-refractivity contribution in [3.05, 3.63) is 57.1 Å². The number of ether oxygens (including phenoxy) is 1. The SMILES string of the molecule is COc1ccc(C(=O)Nc2cc(Cl)ccc2N2CCCCC2)cc1[N+](=O)[O-]. The summed E-state index contributed by atoms with van der Waals surface area (Å²) in [6, 6.07) is 9.49. The van der Waals surface area contributed by atoms with Gasteiger partial charge in [-0.15, -0.1) is 0 Å². The van der Waals surface area contributed by atoms with Gasteiger partial charge >= 0.3 is 5.69 Å². The van der Waals surface area contributed by atoms with Crippen molar-refractivity contribution in [2.24, 2.45) is 0 Å². The van der Waals surface area contributed by atoms with Crippen molar-refractivity contribution in [2.75, 3.05) is 30.4 Å². The predicted octanol–water partition coefficient (Wildman–Crippen LogP) is 4.50. The number of anilines is 2. The summed E-state index contributed by atoms with van der Waals surface area (Å²) in [6.07, 6.45) is 3.39. The number of nitrogens with zero attached hydrogens (tertiary/aromatic N) is 2. The molecular formula is C19H20ClN3O4. The molecule has 0 atom stereocenters. The summed E-state index contributed by atoms with van der Waals surface area (Å²) >= 11 is 6.12. The smallest absolute Gasteiger partial charge is 0.311 e. The van der Waals surface area contributed by atoms with Gasteiger partial charge in [0.15, 0.2) is 5.75 Å². The second-order valence-electron chi connectivity index (χ2n) is 6.31. The minimum Gasteiger partial charge on any atom is -0.490 e. The number of hydrogen-bond acceptors (Lipinski definition) is 5. The summed E-state index contributed by atoms with van der Waals surface area (Å²) < 4.78 is 4.98. The molecule has 27 heavy (non-hydrogen) atoms. The third kappa shape index (κ3) is 4.31. The first-order chi connectivity index (χ1) is 13.0. The number of nitro groups is 1. The fourth-order valence-corrected chi connectivity index (χ4v) is 3.36. The normalized spacial score (nSPS) is 13.9. The Bertz CT molecular complexity index is 866. The molecule has 0 unspecified atom stereocenters. The van der Waals surface area contributed by atoms with Crippen LogP contribution in [0, 0.1) is 10.1 Å². The van der Waals surface area contributed by atoms with Crippen LogP contribution in [0.5, 0.6) is 5.75 Å². The summed E-state index contributed by atoms with van der Waals surface area (Å²) in [6.45, 7) is 1.83. The van der Waals surface area contributed by atoms with E-state index in [-0.39, 0.29) is 17.0 Å². The number of benzene rings is 2. The van der Waals surface area contributed by atoms with Crippen LogP contribution in [0.1, 0.15) is 29.6 Å². The number of piperidine rings is 1. The van der Waals surface area contributed by atoms with Crippen LogP contribution in [0.25, 0.3) is 0 Å². The molecule has 0 aromatic heterocycles. The molecule has 2 aromatic rings. The lowest BCUT2D eigenvalue weighted by Gasteiger charge is -2.30. The van der Waals surface area contributed by atoms with Gasteiger partial charge in [0.2, 0.25) is 0 Å². The Morgan fingerprint density at radius 1 is 1.19 bits per heavy atom. The van der Waals surface area contributed by atoms with Crippen molar-refractivity contribution in [1.29, 1.82) is 0 Å². The number of nitro benzene ring substituents is 1. The van der Waals surface area contributed by atoms with Crippen LogP contribution in [-0.2, 0) is 0 Å². The Hall–Kier alpha value is -2.80. The van der Waals surface area contributed by atoms with Crippen molar-refractivity contribution >= 4 is 34.6 Å². The zero-order chi connectivity index (χ0) is 19.4. The molecule has 1 aliphatic heterocycles. The molecule has 1 aliphatic rings. The molecule has 0 aliphatic carbocycles. The molecule has 1 fully saturated rings. The number of amides is 1. The number of halogens is 1. The van der Waals surface area contributed by atoms with E-state index in [2.05, 4.69) is 10.2 Å². The maximum absolute atomic E-state index is 12.7. The average molecular weight is 390 g/mol. The molecule has 0 bridgehead atoms. The molecule has 8 heteroatoms. The molecule has 1 saturated heterocycles. The van der Waals surface area contributed by atoms with E-state index >= 15 is 0 Å². The molecule has 3 rings (SSSR count). The highest BCUT2D eigenvalue weighted by Gasteiger charge is 2.20. The van der Waals surface area contributed by atoms with Crippen LogP contribution in [0.4, 0.5) is 17.1 Å². The minimum atomic E-state index is -0.575. The van der Waals surface area contributed by atoms with Crippen molar-refractivity contribution in [3.8, 4) is 5.75 Å². The largest absolute Gasteiger partial charge is 0.490 e. The summed E-state index contributed by atoms with van der Waals surface area (Å²) in [7, 11) is 1.35. The number of hydrogen-bond donors (Lipinski definition) is 1. The van der Waals surface area contributed by atoms with Crippen LogP contribution >= 0.6 is 11.6 Å². The van der Waals surface area contributed by atoms with E-state index in [1.165, 1.54) is 31.7 Å². The second kappa shape index (κ2) is 8.26. The third-order valence-electron chi connectivity index (χ3n) is 4.54. The van der Waals surface area contributed by atoms with Gasteiger partial charge in [-0.25, -0.2) is 0 Å². The lowest BCUT2D eigenvalue weighted by Crippen LogP contribution is -2.30. The topological polar surface area (TPSA) is 84.7 Å². The highest BCUT2D eigenvalue weighted by Crippen LogP contribution is 2.32. The Balaban J connectivity index is 1.89. The Kier molecular flexibility index (Phi) is 5.81. The van der Waals surface area contributed by atoms with Crippen LogP contribution in [0.2, 0.25) is 5.02 Å². The molecule has 0 saturated carbocycles. The number of rotatable bonds is 5. The molecule has 1 amide bonds. The number of nitrogens with one attached hydrogen (secondary N) is 1. The molecular weight excluding hydrogens is 370 g/mol. The quantitative estimate of drug-likeness (QED) is 0.601. The first-order valence-corrected chi connectivity index (χ1v) is 9.05. The van der Waals surface area contributed by atoms with E-state index in [1.807, 2.05) is 6.07 Å². The van der Waals surface area contributed by atoms with Crippen molar-refractivity contribution in [2.45, 2.75) is 19.3 Å². The zero-order valence-electron chi connectivity index (χ0n) is 14.9. The van der Waals surface area contributed by atoms with Gasteiger partial charge in [-0.05, 0) is 49.6 Å². The van der Waals surface area contributed by atoms with Gasteiger partial charge in [0, 0.05) is 29.7 Å². The van der Waals surface area contributed by atoms with Crippen molar-refractivity contribution < 1.29 is 14.5 Å². The first kappa shape index (κ1) is 19.0. The highest BCUT2D eigenvalue weighted by atomic mass is 35.5. The van der Waals surface area contributed by atoms with Crippen molar-refractivity contribution in [1.82, 2.24) is 0 Å². The summed E-state index contributed by atoms with van der Waals surface area (Å²) in [5.74, 6) is -0.338. The molecule has 0 spiro atoms. The Labute approximate surface area is 162 Å². The predicted molar refractivity (Wildman–Crippen MR) is 105 cm³/mol. The lowest BCUT2D eigenvalue weighted by atomic mass is 10.1. The molecule has 7 nitrogen and oxygen atoms in total. The van der Waals surface area contributed by atoms with Crippen molar-refractivity contribution in [3.63, 3.8) is 0 Å². The van der Waals surface area contributed by atoms with Gasteiger partial charge < -0.3 is 15.0 Å². The van der Waals surface area contributed by atoms with E-state index in [1.54, 1.807) is 12.1 Å². The maximum Gasteiger partial charge on any atom is 0.311 e. The standard InChI is InChI=1S/C19H20ClN3O4/c1-27-18-8-5-13(11-17(18)23(25)26)19(24)21-15-12-14(20)6-7-16(15)22-9-3-2-4-10-22/h5-8,11-12H,2-4,9-10H2,1H3,(H,21,24). The van der Waals surface area contributed by atoms with Crippen LogP contribution in [0.15, 0.2) is 36.4 Å². The van der Waals surface area contributed by atoms with Gasteiger partial charge in [0.05, 0.1) is 23.4 Å². The fourth-order valence-electron chi connectivity index (χ4n) is 3.19. The monoisotopic (exact) mass is 389 g/mol. The van der Waals surface area contributed by atoms with Crippen LogP contribution in [-0.4, -0.2) is 31.0 Å². The van der Waals surface area contributed by atoms with Crippen LogP contribution < -0.4 is 15.0 Å². The maximum atomic E-state index is 12.7. The Morgan fingerprint density at radius 2 is 1.93 bits per heavy atom. The third-order valence-corrected chi connectivity index (χ3v) is 4.78. The zero-order valence-corrected chi connectivity index (χ0v) is 15.7. The fraction of sp³-hybridized carbons (Fsp3) is 0.316. The molecule has 142 valence electrons. The van der Waals surface area contributed by atoms with Gasteiger partial charge in [-0.2, -0.15) is 0 Å². The first-order valence-electron chi connectivity index (χ1n) is 8.68. The second-order valence-corrected chi connectivity index (χ2v) is 6.74. The van der Waals surface area contributed by atoms with E-state index < -0.39 is 10.8 Å². The van der Waals surface area contributed by atoms with E-state index in [9.17, 15) is 14.9 Å². The number of methoxy groups -OCH3 is 1. The summed E-state index contributed by atoms with van der Waals surface area (Å²) in [4.78, 5) is 25.5. The summed E-state index contributed by atoms with van der Waals surface area (Å²) in [5.41, 5.74) is 1.41. The molecule has 1 heterocycles. The van der Waals surface area contributed by atoms with Gasteiger partial charge in [0.1, 0.15) is 0 Å². The molecule has 0 radical (unpaired) electrons. The Morgan fingerprint density at radius 3 is 2.59 bits per heavy atom. The van der Waals surface area contributed by atoms with E-state index in [0.717, 1.165) is 31.6 Å². The lowest BCUT2D eigenvalue weighted by molar-refractivity contribution is -0.385.